The standard InChI is InChI=1S/C14H26FN2O/c1-3-17(8-9-17)11(2)13(16)6-7-14(18-10-15)12-4-5-12/h6,11-12,14H,3-5,7-10,16H2,1-2H3/q+1. The molecule has 0 radical (unpaired) electrons. The SMILES string of the molecule is CC[N+]1(C(C)C(N)=CCC(OCF)C2CC2)CC1. The van der Waals surface area contributed by atoms with Gasteiger partial charge in [0.1, 0.15) is 19.1 Å². The molecule has 2 fully saturated rings. The van der Waals surface area contributed by atoms with Gasteiger partial charge in [0.15, 0.2) is 6.86 Å². The van der Waals surface area contributed by atoms with Crippen molar-refractivity contribution < 1.29 is 13.6 Å². The van der Waals surface area contributed by atoms with Crippen molar-refractivity contribution in [2.45, 2.75) is 45.3 Å². The summed E-state index contributed by atoms with van der Waals surface area (Å²) in [6.45, 7) is 7.35. The van der Waals surface area contributed by atoms with Crippen molar-refractivity contribution in [3.8, 4) is 0 Å². The van der Waals surface area contributed by atoms with Gasteiger partial charge in [-0.05, 0) is 39.0 Å². The predicted octanol–water partition coefficient (Wildman–Crippen LogP) is 2.18. The number of rotatable bonds is 8. The van der Waals surface area contributed by atoms with E-state index in [0.717, 1.165) is 23.1 Å². The molecule has 2 unspecified atom stereocenters. The number of ether oxygens (including phenoxy) is 1. The van der Waals surface area contributed by atoms with Crippen LogP contribution in [0.2, 0.25) is 0 Å². The highest BCUT2D eigenvalue weighted by Gasteiger charge is 2.46. The molecule has 0 bridgehead atoms. The molecule has 0 spiro atoms. The van der Waals surface area contributed by atoms with E-state index in [0.29, 0.717) is 12.0 Å². The van der Waals surface area contributed by atoms with Gasteiger partial charge in [0.05, 0.1) is 18.3 Å². The fraction of sp³-hybridized carbons (Fsp3) is 0.857. The van der Waals surface area contributed by atoms with Crippen LogP contribution in [0.5, 0.6) is 0 Å². The lowest BCUT2D eigenvalue weighted by atomic mass is 10.1. The van der Waals surface area contributed by atoms with E-state index >= 15 is 0 Å². The molecule has 0 aromatic heterocycles. The van der Waals surface area contributed by atoms with Gasteiger partial charge in [-0.15, -0.1) is 0 Å². The van der Waals surface area contributed by atoms with E-state index in [1.165, 1.54) is 25.9 Å². The molecule has 1 saturated carbocycles. The van der Waals surface area contributed by atoms with Crippen molar-refractivity contribution in [3.05, 3.63) is 11.8 Å². The number of likely N-dealkylation sites (N-methyl/N-ethyl adjacent to an activating group) is 1. The lowest BCUT2D eigenvalue weighted by Crippen LogP contribution is -2.39. The Morgan fingerprint density at radius 3 is 2.61 bits per heavy atom. The minimum absolute atomic E-state index is 0.0324. The second-order valence-electron chi connectivity index (χ2n) is 5.75. The summed E-state index contributed by atoms with van der Waals surface area (Å²) in [4.78, 5) is 0. The third-order valence-electron chi connectivity index (χ3n) is 4.74. The molecule has 0 amide bonds. The first kappa shape index (κ1) is 13.8. The number of hydrogen-bond donors (Lipinski definition) is 1. The van der Waals surface area contributed by atoms with Crippen LogP contribution in [0.1, 0.15) is 33.1 Å². The van der Waals surface area contributed by atoms with Crippen LogP contribution in [0.4, 0.5) is 4.39 Å². The summed E-state index contributed by atoms with van der Waals surface area (Å²) in [5.74, 6) is 0.552. The highest BCUT2D eigenvalue weighted by molar-refractivity contribution is 5.05. The number of nitrogens with two attached hydrogens (primary N) is 1. The summed E-state index contributed by atoms with van der Waals surface area (Å²) in [5, 5.41) is 0. The first-order valence-corrected chi connectivity index (χ1v) is 7.12. The Kier molecular flexibility index (Phi) is 4.28. The van der Waals surface area contributed by atoms with E-state index in [4.69, 9.17) is 10.5 Å². The van der Waals surface area contributed by atoms with Gasteiger partial charge in [-0.1, -0.05) is 6.08 Å². The quantitative estimate of drug-likeness (QED) is 0.534. The molecule has 0 aromatic rings. The lowest BCUT2D eigenvalue weighted by molar-refractivity contribution is -0.817. The van der Waals surface area contributed by atoms with Crippen molar-refractivity contribution in [1.29, 1.82) is 0 Å². The summed E-state index contributed by atoms with van der Waals surface area (Å²) in [5.41, 5.74) is 7.13. The molecular weight excluding hydrogens is 231 g/mol. The first-order chi connectivity index (χ1) is 8.63. The number of quaternary nitrogens is 1. The molecule has 4 heteroatoms. The highest BCUT2D eigenvalue weighted by atomic mass is 19.1. The van der Waals surface area contributed by atoms with Crippen LogP contribution in [-0.4, -0.2) is 43.1 Å². The molecule has 1 saturated heterocycles. The number of nitrogens with zero attached hydrogens (tertiary/aromatic N) is 1. The highest BCUT2D eigenvalue weighted by Crippen LogP contribution is 2.36. The second-order valence-corrected chi connectivity index (χ2v) is 5.75. The van der Waals surface area contributed by atoms with E-state index in [-0.39, 0.29) is 6.10 Å². The van der Waals surface area contributed by atoms with E-state index in [9.17, 15) is 4.39 Å². The molecule has 3 nitrogen and oxygen atoms in total. The molecule has 104 valence electrons. The third kappa shape index (κ3) is 3.04. The van der Waals surface area contributed by atoms with Crippen molar-refractivity contribution in [1.82, 2.24) is 0 Å². The molecule has 2 N–H and O–H groups in total. The zero-order chi connectivity index (χ0) is 13.2. The summed E-state index contributed by atoms with van der Waals surface area (Å²) in [7, 11) is 0. The normalized spacial score (nSPS) is 25.8. The number of hydrogen-bond acceptors (Lipinski definition) is 2. The number of halogens is 1. The molecule has 18 heavy (non-hydrogen) atoms. The average molecular weight is 257 g/mol. The summed E-state index contributed by atoms with van der Waals surface area (Å²) in [6.07, 6.45) is 5.20. The van der Waals surface area contributed by atoms with E-state index in [2.05, 4.69) is 19.9 Å². The number of alkyl halides is 1. The molecule has 1 aliphatic heterocycles. The van der Waals surface area contributed by atoms with Crippen LogP contribution >= 0.6 is 0 Å². The lowest BCUT2D eigenvalue weighted by Gasteiger charge is -2.25. The minimum Gasteiger partial charge on any atom is -0.397 e. The van der Waals surface area contributed by atoms with Crippen LogP contribution in [0.25, 0.3) is 0 Å². The van der Waals surface area contributed by atoms with Gasteiger partial charge in [-0.25, -0.2) is 4.39 Å². The zero-order valence-corrected chi connectivity index (χ0v) is 11.6. The van der Waals surface area contributed by atoms with Gasteiger partial charge < -0.3 is 15.0 Å². The Hall–Kier alpha value is -0.610. The van der Waals surface area contributed by atoms with E-state index in [1.807, 2.05) is 0 Å². The Balaban J connectivity index is 1.87. The summed E-state index contributed by atoms with van der Waals surface area (Å²) >= 11 is 0. The van der Waals surface area contributed by atoms with Gasteiger partial charge in [0.2, 0.25) is 0 Å². The van der Waals surface area contributed by atoms with Crippen LogP contribution in [0.15, 0.2) is 11.8 Å². The second kappa shape index (κ2) is 5.57. The van der Waals surface area contributed by atoms with Crippen LogP contribution in [0, 0.1) is 5.92 Å². The molecule has 2 aliphatic rings. The maximum absolute atomic E-state index is 12.3. The third-order valence-corrected chi connectivity index (χ3v) is 4.74. The van der Waals surface area contributed by atoms with Crippen LogP contribution in [-0.2, 0) is 4.74 Å². The topological polar surface area (TPSA) is 35.2 Å². The van der Waals surface area contributed by atoms with Gasteiger partial charge in [-0.3, -0.25) is 0 Å². The van der Waals surface area contributed by atoms with Crippen LogP contribution in [0.3, 0.4) is 0 Å². The van der Waals surface area contributed by atoms with Crippen molar-refractivity contribution in [3.63, 3.8) is 0 Å². The van der Waals surface area contributed by atoms with Gasteiger partial charge in [-0.2, -0.15) is 0 Å². The Bertz CT molecular complexity index is 311. The van der Waals surface area contributed by atoms with Crippen molar-refractivity contribution in [2.75, 3.05) is 26.5 Å². The summed E-state index contributed by atoms with van der Waals surface area (Å²) in [6, 6.07) is 0.389. The molecule has 2 rings (SSSR count). The van der Waals surface area contributed by atoms with Gasteiger partial charge in [0.25, 0.3) is 0 Å². The monoisotopic (exact) mass is 257 g/mol. The Labute approximate surface area is 109 Å². The minimum atomic E-state index is -0.681. The largest absolute Gasteiger partial charge is 0.397 e. The van der Waals surface area contributed by atoms with Crippen molar-refractivity contribution >= 4 is 0 Å². The Morgan fingerprint density at radius 1 is 1.50 bits per heavy atom. The van der Waals surface area contributed by atoms with Crippen LogP contribution < -0.4 is 5.73 Å². The maximum Gasteiger partial charge on any atom is 0.188 e. The molecular formula is C14H26FN2O+. The van der Waals surface area contributed by atoms with Crippen molar-refractivity contribution in [2.24, 2.45) is 11.7 Å². The first-order valence-electron chi connectivity index (χ1n) is 7.12. The molecule has 2 atom stereocenters. The van der Waals surface area contributed by atoms with Gasteiger partial charge >= 0.3 is 0 Å². The average Bonchev–Trinajstić information content (AvgIpc) is 3.26. The van der Waals surface area contributed by atoms with Gasteiger partial charge in [0, 0.05) is 0 Å². The van der Waals surface area contributed by atoms with E-state index in [1.54, 1.807) is 0 Å². The molecule has 0 aromatic carbocycles. The molecule has 1 aliphatic carbocycles. The fourth-order valence-corrected chi connectivity index (χ4v) is 2.79. The zero-order valence-electron chi connectivity index (χ0n) is 11.6. The Morgan fingerprint density at radius 2 is 2.17 bits per heavy atom. The maximum atomic E-state index is 12.3. The molecule has 1 heterocycles. The fourth-order valence-electron chi connectivity index (χ4n) is 2.79. The predicted molar refractivity (Wildman–Crippen MR) is 70.5 cm³/mol. The smallest absolute Gasteiger partial charge is 0.188 e. The van der Waals surface area contributed by atoms with E-state index < -0.39 is 6.86 Å². The summed E-state index contributed by atoms with van der Waals surface area (Å²) < 4.78 is 18.6.